The largest absolute Gasteiger partial charge is 0.294 e. The Bertz CT molecular complexity index is 263. The van der Waals surface area contributed by atoms with Crippen LogP contribution < -0.4 is 0 Å². The van der Waals surface area contributed by atoms with Crippen LogP contribution in [0.4, 0.5) is 0 Å². The smallest absolute Gasteiger partial charge is 0.165 e. The first-order valence-corrected chi connectivity index (χ1v) is 4.45. The van der Waals surface area contributed by atoms with Crippen molar-refractivity contribution in [2.75, 3.05) is 0 Å². The minimum atomic E-state index is -0.167. The lowest BCUT2D eigenvalue weighted by molar-refractivity contribution is -0.139. The third-order valence-electron chi connectivity index (χ3n) is 3.48. The van der Waals surface area contributed by atoms with Gasteiger partial charge in [0.1, 0.15) is 0 Å². The van der Waals surface area contributed by atoms with Crippen molar-refractivity contribution in [3.05, 3.63) is 11.1 Å². The molecule has 1 nitrogen and oxygen atoms in total. The van der Waals surface area contributed by atoms with Gasteiger partial charge in [-0.05, 0) is 13.8 Å². The van der Waals surface area contributed by atoms with Gasteiger partial charge >= 0.3 is 0 Å². The van der Waals surface area contributed by atoms with Gasteiger partial charge in [0.2, 0.25) is 0 Å². The van der Waals surface area contributed by atoms with Gasteiger partial charge in [-0.1, -0.05) is 33.3 Å². The van der Waals surface area contributed by atoms with Crippen LogP contribution in [-0.2, 0) is 4.79 Å². The summed E-state index contributed by atoms with van der Waals surface area (Å²) >= 11 is 0. The van der Waals surface area contributed by atoms with Gasteiger partial charge in [0.05, 0.1) is 0 Å². The zero-order chi connectivity index (χ0) is 9.73. The lowest BCUT2D eigenvalue weighted by atomic mass is 9.48. The fourth-order valence-corrected chi connectivity index (χ4v) is 1.98. The van der Waals surface area contributed by atoms with Gasteiger partial charge in [-0.2, -0.15) is 0 Å². The van der Waals surface area contributed by atoms with Gasteiger partial charge in [0.25, 0.3) is 0 Å². The molecule has 68 valence electrons. The molecule has 1 aliphatic carbocycles. The van der Waals surface area contributed by atoms with E-state index in [-0.39, 0.29) is 10.8 Å². The fourth-order valence-electron chi connectivity index (χ4n) is 1.98. The van der Waals surface area contributed by atoms with Crippen LogP contribution in [0.3, 0.4) is 0 Å². The minimum Gasteiger partial charge on any atom is -0.294 e. The first-order chi connectivity index (χ1) is 5.23. The van der Waals surface area contributed by atoms with Crippen molar-refractivity contribution >= 4 is 5.78 Å². The highest BCUT2D eigenvalue weighted by Gasteiger charge is 2.58. The maximum Gasteiger partial charge on any atom is 0.165 e. The van der Waals surface area contributed by atoms with Crippen molar-refractivity contribution in [3.63, 3.8) is 0 Å². The van der Waals surface area contributed by atoms with Crippen LogP contribution in [0.1, 0.15) is 41.5 Å². The Labute approximate surface area is 74.9 Å². The van der Waals surface area contributed by atoms with Gasteiger partial charge in [-0.25, -0.2) is 0 Å². The van der Waals surface area contributed by atoms with E-state index in [9.17, 15) is 4.79 Å². The number of Topliss-reactive ketones (excluding diaryl/α,β-unsaturated/α-hetero) is 1. The molecule has 0 aromatic heterocycles. The number of hydrogen-bond donors (Lipinski definition) is 0. The molecular formula is C11H18O. The molecule has 0 saturated heterocycles. The van der Waals surface area contributed by atoms with E-state index < -0.39 is 0 Å². The molecule has 0 heterocycles. The lowest BCUT2D eigenvalue weighted by Crippen LogP contribution is -2.55. The number of hydrogen-bond acceptors (Lipinski definition) is 1. The predicted molar refractivity (Wildman–Crippen MR) is 50.9 cm³/mol. The van der Waals surface area contributed by atoms with Crippen LogP contribution in [0.25, 0.3) is 0 Å². The molecule has 0 spiro atoms. The van der Waals surface area contributed by atoms with Crippen molar-refractivity contribution < 1.29 is 4.79 Å². The molecule has 0 radical (unpaired) electrons. The monoisotopic (exact) mass is 166 g/mol. The molecule has 0 bridgehead atoms. The Morgan fingerprint density at radius 2 is 1.42 bits per heavy atom. The highest BCUT2D eigenvalue weighted by atomic mass is 16.1. The summed E-state index contributed by atoms with van der Waals surface area (Å²) in [6.45, 7) is 12.4. The van der Waals surface area contributed by atoms with Crippen LogP contribution in [0, 0.1) is 10.8 Å². The Morgan fingerprint density at radius 3 is 1.58 bits per heavy atom. The van der Waals surface area contributed by atoms with E-state index in [1.165, 1.54) is 5.57 Å². The molecule has 1 saturated carbocycles. The van der Waals surface area contributed by atoms with Crippen LogP contribution in [0.2, 0.25) is 0 Å². The summed E-state index contributed by atoms with van der Waals surface area (Å²) < 4.78 is 0. The number of ketones is 1. The molecule has 0 unspecified atom stereocenters. The lowest BCUT2D eigenvalue weighted by Gasteiger charge is -2.53. The average Bonchev–Trinajstić information content (AvgIpc) is 1.85. The standard InChI is InChI=1S/C11H18O/c1-7(2)8-9(12)11(5,6)10(8,3)4/h1-6H3. The second kappa shape index (κ2) is 2.21. The summed E-state index contributed by atoms with van der Waals surface area (Å²) in [5.41, 5.74) is 2.10. The highest BCUT2D eigenvalue weighted by molar-refractivity contribution is 6.09. The molecule has 0 amide bonds. The second-order valence-electron chi connectivity index (χ2n) is 4.95. The average molecular weight is 166 g/mol. The van der Waals surface area contributed by atoms with Crippen LogP contribution in [0.15, 0.2) is 11.1 Å². The topological polar surface area (TPSA) is 17.1 Å². The molecule has 12 heavy (non-hydrogen) atoms. The van der Waals surface area contributed by atoms with Crippen molar-refractivity contribution in [1.82, 2.24) is 0 Å². The third-order valence-corrected chi connectivity index (χ3v) is 3.48. The van der Waals surface area contributed by atoms with E-state index in [1.807, 2.05) is 27.7 Å². The van der Waals surface area contributed by atoms with E-state index in [2.05, 4.69) is 13.8 Å². The van der Waals surface area contributed by atoms with E-state index in [1.54, 1.807) is 0 Å². The van der Waals surface area contributed by atoms with Crippen molar-refractivity contribution in [2.45, 2.75) is 41.5 Å². The Kier molecular flexibility index (Phi) is 1.75. The third kappa shape index (κ3) is 0.825. The molecular weight excluding hydrogens is 148 g/mol. The molecule has 1 fully saturated rings. The molecule has 1 rings (SSSR count). The summed E-state index contributed by atoms with van der Waals surface area (Å²) in [4.78, 5) is 11.7. The SMILES string of the molecule is CC(C)=C1C(=O)C(C)(C)C1(C)C. The minimum absolute atomic E-state index is 0.0584. The first-order valence-electron chi connectivity index (χ1n) is 4.45. The number of carbonyl (C=O) groups excluding carboxylic acids is 1. The molecule has 0 aromatic carbocycles. The first kappa shape index (κ1) is 9.50. The number of rotatable bonds is 0. The fraction of sp³-hybridized carbons (Fsp3) is 0.727. The summed E-state index contributed by atoms with van der Waals surface area (Å²) in [6.07, 6.45) is 0. The normalized spacial score (nSPS) is 25.2. The van der Waals surface area contributed by atoms with Crippen LogP contribution >= 0.6 is 0 Å². The molecule has 1 aliphatic rings. The maximum absolute atomic E-state index is 11.7. The van der Waals surface area contributed by atoms with E-state index in [0.717, 1.165) is 5.57 Å². The van der Waals surface area contributed by atoms with Crippen molar-refractivity contribution in [3.8, 4) is 0 Å². The predicted octanol–water partition coefficient (Wildman–Crippen LogP) is 2.96. The molecule has 0 aliphatic heterocycles. The van der Waals surface area contributed by atoms with Crippen LogP contribution in [0.5, 0.6) is 0 Å². The molecule has 0 atom stereocenters. The van der Waals surface area contributed by atoms with Gasteiger partial charge in [0.15, 0.2) is 5.78 Å². The molecule has 0 N–H and O–H groups in total. The summed E-state index contributed by atoms with van der Waals surface area (Å²) in [7, 11) is 0. The Balaban J connectivity index is 3.19. The van der Waals surface area contributed by atoms with E-state index in [4.69, 9.17) is 0 Å². The quantitative estimate of drug-likeness (QED) is 0.506. The summed E-state index contributed by atoms with van der Waals surface area (Å²) in [5.74, 6) is 0.326. The zero-order valence-electron chi connectivity index (χ0n) is 8.91. The van der Waals surface area contributed by atoms with E-state index >= 15 is 0 Å². The van der Waals surface area contributed by atoms with Gasteiger partial charge in [-0.3, -0.25) is 4.79 Å². The van der Waals surface area contributed by atoms with Gasteiger partial charge in [0, 0.05) is 16.4 Å². The number of carbonyl (C=O) groups is 1. The van der Waals surface area contributed by atoms with Crippen molar-refractivity contribution in [2.24, 2.45) is 10.8 Å². The summed E-state index contributed by atoms with van der Waals surface area (Å²) in [5, 5.41) is 0. The van der Waals surface area contributed by atoms with Crippen molar-refractivity contribution in [1.29, 1.82) is 0 Å². The molecule has 0 aromatic rings. The highest BCUT2D eigenvalue weighted by Crippen LogP contribution is 2.57. The molecule has 1 heteroatoms. The zero-order valence-corrected chi connectivity index (χ0v) is 8.91. The maximum atomic E-state index is 11.7. The summed E-state index contributed by atoms with van der Waals surface area (Å²) in [6, 6.07) is 0. The van der Waals surface area contributed by atoms with Gasteiger partial charge < -0.3 is 0 Å². The Morgan fingerprint density at radius 1 is 1.00 bits per heavy atom. The van der Waals surface area contributed by atoms with E-state index in [0.29, 0.717) is 5.78 Å². The van der Waals surface area contributed by atoms with Crippen LogP contribution in [-0.4, -0.2) is 5.78 Å². The number of allylic oxidation sites excluding steroid dienone is 2. The van der Waals surface area contributed by atoms with Gasteiger partial charge in [-0.15, -0.1) is 0 Å². The second-order valence-corrected chi connectivity index (χ2v) is 4.95. The Hall–Kier alpha value is -0.590.